The van der Waals surface area contributed by atoms with Gasteiger partial charge in [0.1, 0.15) is 17.9 Å². The Hall–Kier alpha value is -2.88. The van der Waals surface area contributed by atoms with Gasteiger partial charge in [-0.3, -0.25) is 0 Å². The minimum Gasteiger partial charge on any atom is -0.487 e. The van der Waals surface area contributed by atoms with E-state index in [2.05, 4.69) is 4.98 Å². The molecule has 110 valence electrons. The van der Waals surface area contributed by atoms with Gasteiger partial charge in [-0.1, -0.05) is 42.5 Å². The van der Waals surface area contributed by atoms with Crippen molar-refractivity contribution in [2.75, 3.05) is 0 Å². The highest BCUT2D eigenvalue weighted by Gasteiger charge is 2.13. The lowest BCUT2D eigenvalue weighted by Gasteiger charge is -2.11. The summed E-state index contributed by atoms with van der Waals surface area (Å²) < 4.78 is 5.84. The highest BCUT2D eigenvalue weighted by atomic mass is 16.5. The topological polar surface area (TPSA) is 59.4 Å². The fourth-order valence-electron chi connectivity index (χ4n) is 2.38. The van der Waals surface area contributed by atoms with Crippen molar-refractivity contribution in [3.8, 4) is 5.75 Å². The average Bonchev–Trinajstić information content (AvgIpc) is 2.53. The van der Waals surface area contributed by atoms with Crippen molar-refractivity contribution in [1.82, 2.24) is 4.98 Å². The van der Waals surface area contributed by atoms with Crippen LogP contribution in [0, 0.1) is 6.92 Å². The van der Waals surface area contributed by atoms with Gasteiger partial charge in [-0.2, -0.15) is 0 Å². The number of para-hydroxylation sites is 1. The van der Waals surface area contributed by atoms with Gasteiger partial charge in [-0.25, -0.2) is 9.78 Å². The Morgan fingerprint density at radius 1 is 1.14 bits per heavy atom. The first-order valence-electron chi connectivity index (χ1n) is 6.95. The first kappa shape index (κ1) is 14.1. The molecule has 3 aromatic rings. The number of nitrogens with zero attached hydrogens (tertiary/aromatic N) is 1. The second kappa shape index (κ2) is 5.85. The van der Waals surface area contributed by atoms with E-state index in [0.29, 0.717) is 29.0 Å². The Kier molecular flexibility index (Phi) is 3.74. The van der Waals surface area contributed by atoms with Crippen LogP contribution in [0.2, 0.25) is 0 Å². The Morgan fingerprint density at radius 2 is 1.91 bits per heavy atom. The zero-order valence-corrected chi connectivity index (χ0v) is 12.1. The van der Waals surface area contributed by atoms with Gasteiger partial charge < -0.3 is 9.84 Å². The molecule has 1 heterocycles. The van der Waals surface area contributed by atoms with Crippen LogP contribution in [0.1, 0.15) is 21.6 Å². The van der Waals surface area contributed by atoms with E-state index in [1.807, 2.05) is 36.4 Å². The van der Waals surface area contributed by atoms with Crippen molar-refractivity contribution in [1.29, 1.82) is 0 Å². The maximum absolute atomic E-state index is 11.4. The van der Waals surface area contributed by atoms with Gasteiger partial charge >= 0.3 is 5.97 Å². The van der Waals surface area contributed by atoms with Crippen LogP contribution in [-0.4, -0.2) is 16.1 Å². The van der Waals surface area contributed by atoms with Crippen molar-refractivity contribution in [3.05, 3.63) is 71.4 Å². The number of aryl methyl sites for hydroxylation is 1. The van der Waals surface area contributed by atoms with Crippen LogP contribution in [0.5, 0.6) is 5.75 Å². The number of carboxylic acid groups (broad SMARTS) is 1. The summed E-state index contributed by atoms with van der Waals surface area (Å²) >= 11 is 0. The molecule has 0 saturated heterocycles. The highest BCUT2D eigenvalue weighted by molar-refractivity contribution is 6.04. The molecule has 0 aliphatic rings. The minimum atomic E-state index is -0.962. The van der Waals surface area contributed by atoms with E-state index in [1.165, 1.54) is 0 Å². The van der Waals surface area contributed by atoms with Gasteiger partial charge in [-0.05, 0) is 24.6 Å². The normalized spacial score (nSPS) is 10.6. The molecule has 0 aliphatic heterocycles. The molecule has 0 bridgehead atoms. The van der Waals surface area contributed by atoms with Crippen LogP contribution in [-0.2, 0) is 6.61 Å². The van der Waals surface area contributed by atoms with Gasteiger partial charge in [0.05, 0.1) is 5.56 Å². The second-order valence-corrected chi connectivity index (χ2v) is 5.04. The number of benzene rings is 2. The molecule has 0 amide bonds. The van der Waals surface area contributed by atoms with Gasteiger partial charge in [0, 0.05) is 11.1 Å². The average molecular weight is 293 g/mol. The third-order valence-electron chi connectivity index (χ3n) is 3.40. The largest absolute Gasteiger partial charge is 0.487 e. The summed E-state index contributed by atoms with van der Waals surface area (Å²) in [5, 5.41) is 9.92. The molecule has 1 aromatic heterocycles. The monoisotopic (exact) mass is 293 g/mol. The Morgan fingerprint density at radius 3 is 2.64 bits per heavy atom. The molecule has 0 radical (unpaired) electrons. The first-order valence-corrected chi connectivity index (χ1v) is 6.95. The Bertz CT molecular complexity index is 828. The summed E-state index contributed by atoms with van der Waals surface area (Å²) in [7, 11) is 0. The van der Waals surface area contributed by atoms with E-state index in [9.17, 15) is 9.90 Å². The molecule has 4 heteroatoms. The third-order valence-corrected chi connectivity index (χ3v) is 3.40. The number of pyridine rings is 1. The van der Waals surface area contributed by atoms with Crippen LogP contribution in [0.25, 0.3) is 10.9 Å². The number of rotatable bonds is 4. The van der Waals surface area contributed by atoms with Crippen LogP contribution in [0.4, 0.5) is 0 Å². The lowest BCUT2D eigenvalue weighted by molar-refractivity contribution is 0.0699. The number of aromatic carboxylic acids is 1. The molecule has 0 spiro atoms. The molecule has 0 atom stereocenters. The molecule has 2 aromatic carbocycles. The number of fused-ring (bicyclic) bond motifs is 1. The zero-order chi connectivity index (χ0) is 15.5. The summed E-state index contributed by atoms with van der Waals surface area (Å²) in [6.07, 6.45) is 0. The van der Waals surface area contributed by atoms with Gasteiger partial charge in [0.15, 0.2) is 0 Å². The van der Waals surface area contributed by atoms with Crippen molar-refractivity contribution in [2.24, 2.45) is 0 Å². The number of aromatic nitrogens is 1. The highest BCUT2D eigenvalue weighted by Crippen LogP contribution is 2.27. The molecule has 1 N–H and O–H groups in total. The standard InChI is InChI=1S/C18H15NO3/c1-12-10-15(18(20)21)14-8-5-9-16(17(14)19-12)22-11-13-6-3-2-4-7-13/h2-10H,11H2,1H3,(H,20,21). The van der Waals surface area contributed by atoms with Crippen molar-refractivity contribution >= 4 is 16.9 Å². The van der Waals surface area contributed by atoms with Crippen LogP contribution < -0.4 is 4.74 Å². The van der Waals surface area contributed by atoms with Gasteiger partial charge in [-0.15, -0.1) is 0 Å². The molecular formula is C18H15NO3. The Labute approximate surface area is 128 Å². The van der Waals surface area contributed by atoms with Gasteiger partial charge in [0.2, 0.25) is 0 Å². The molecule has 0 aliphatic carbocycles. The van der Waals surface area contributed by atoms with Crippen molar-refractivity contribution in [2.45, 2.75) is 13.5 Å². The molecule has 0 saturated carbocycles. The number of ether oxygens (including phenoxy) is 1. The lowest BCUT2D eigenvalue weighted by atomic mass is 10.1. The molecular weight excluding hydrogens is 278 g/mol. The number of carbonyl (C=O) groups is 1. The number of hydrogen-bond donors (Lipinski definition) is 1. The summed E-state index contributed by atoms with van der Waals surface area (Å²) in [5.74, 6) is -0.372. The molecule has 4 nitrogen and oxygen atoms in total. The third kappa shape index (κ3) is 2.76. The van der Waals surface area contributed by atoms with Crippen LogP contribution in [0.15, 0.2) is 54.6 Å². The van der Waals surface area contributed by atoms with E-state index in [4.69, 9.17) is 4.74 Å². The number of carboxylic acids is 1. The predicted octanol–water partition coefficient (Wildman–Crippen LogP) is 3.82. The smallest absolute Gasteiger partial charge is 0.336 e. The van der Waals surface area contributed by atoms with E-state index in [1.54, 1.807) is 25.1 Å². The van der Waals surface area contributed by atoms with E-state index in [0.717, 1.165) is 5.56 Å². The SMILES string of the molecule is Cc1cc(C(=O)O)c2cccc(OCc3ccccc3)c2n1. The fraction of sp³-hybridized carbons (Fsp3) is 0.111. The maximum atomic E-state index is 11.4. The fourth-order valence-corrected chi connectivity index (χ4v) is 2.38. The molecule has 0 fully saturated rings. The quantitative estimate of drug-likeness (QED) is 0.794. The predicted molar refractivity (Wildman–Crippen MR) is 84.2 cm³/mol. The first-order chi connectivity index (χ1) is 10.6. The summed E-state index contributed by atoms with van der Waals surface area (Å²) in [4.78, 5) is 15.8. The van der Waals surface area contributed by atoms with Crippen molar-refractivity contribution < 1.29 is 14.6 Å². The zero-order valence-electron chi connectivity index (χ0n) is 12.1. The van der Waals surface area contributed by atoms with Crippen LogP contribution in [0.3, 0.4) is 0 Å². The molecule has 0 unspecified atom stereocenters. The van der Waals surface area contributed by atoms with Crippen molar-refractivity contribution in [3.63, 3.8) is 0 Å². The number of hydrogen-bond acceptors (Lipinski definition) is 3. The lowest BCUT2D eigenvalue weighted by Crippen LogP contribution is -2.02. The summed E-state index contributed by atoms with van der Waals surface area (Å²) in [6, 6.07) is 16.7. The minimum absolute atomic E-state index is 0.243. The van der Waals surface area contributed by atoms with E-state index in [-0.39, 0.29) is 5.56 Å². The molecule has 22 heavy (non-hydrogen) atoms. The van der Waals surface area contributed by atoms with Gasteiger partial charge in [0.25, 0.3) is 0 Å². The summed E-state index contributed by atoms with van der Waals surface area (Å²) in [6.45, 7) is 2.19. The maximum Gasteiger partial charge on any atom is 0.336 e. The summed E-state index contributed by atoms with van der Waals surface area (Å²) in [5.41, 5.74) is 2.52. The Balaban J connectivity index is 2.01. The van der Waals surface area contributed by atoms with Crippen LogP contribution >= 0.6 is 0 Å². The van der Waals surface area contributed by atoms with E-state index >= 15 is 0 Å². The second-order valence-electron chi connectivity index (χ2n) is 5.04. The van der Waals surface area contributed by atoms with E-state index < -0.39 is 5.97 Å². The molecule has 3 rings (SSSR count).